The first-order valence-electron chi connectivity index (χ1n) is 8.88. The van der Waals surface area contributed by atoms with E-state index in [1.165, 1.54) is 12.0 Å². The molecule has 2 heterocycles. The third kappa shape index (κ3) is 3.98. The highest BCUT2D eigenvalue weighted by atomic mass is 16.5. The molecule has 134 valence electrons. The molecule has 1 saturated heterocycles. The zero-order valence-corrected chi connectivity index (χ0v) is 15.0. The van der Waals surface area contributed by atoms with E-state index in [1.54, 1.807) is 20.4 Å². The lowest BCUT2D eigenvalue weighted by Crippen LogP contribution is -2.44. The lowest BCUT2D eigenvalue weighted by atomic mass is 9.95. The summed E-state index contributed by atoms with van der Waals surface area (Å²) in [5.74, 6) is 1.61. The number of ether oxygens (including phenoxy) is 2. The van der Waals surface area contributed by atoms with Crippen molar-refractivity contribution in [2.45, 2.75) is 38.1 Å². The number of nitrogens with one attached hydrogen (secondary N) is 1. The van der Waals surface area contributed by atoms with Crippen molar-refractivity contribution >= 4 is 5.91 Å². The minimum atomic E-state index is 0.113. The first-order valence-corrected chi connectivity index (χ1v) is 8.88. The number of nitrogens with zero attached hydrogens (tertiary/aromatic N) is 1. The van der Waals surface area contributed by atoms with E-state index in [9.17, 15) is 4.79 Å². The SMILES string of the molecule is COc1ccc(CC[C@@H]2CCCCN2C(=O)c2ccc[nH]2)cc1OC. The van der Waals surface area contributed by atoms with Crippen LogP contribution in [0, 0.1) is 0 Å². The molecule has 1 aromatic heterocycles. The fourth-order valence-electron chi connectivity index (χ4n) is 3.56. The Morgan fingerprint density at radius 2 is 2.04 bits per heavy atom. The van der Waals surface area contributed by atoms with Crippen molar-refractivity contribution in [3.05, 3.63) is 47.8 Å². The van der Waals surface area contributed by atoms with Gasteiger partial charge in [0.1, 0.15) is 5.69 Å². The number of amides is 1. The van der Waals surface area contributed by atoms with Crippen LogP contribution in [0.25, 0.3) is 0 Å². The average molecular weight is 342 g/mol. The highest BCUT2D eigenvalue weighted by molar-refractivity contribution is 5.92. The van der Waals surface area contributed by atoms with Gasteiger partial charge in [-0.2, -0.15) is 0 Å². The van der Waals surface area contributed by atoms with E-state index in [0.29, 0.717) is 5.69 Å². The monoisotopic (exact) mass is 342 g/mol. The smallest absolute Gasteiger partial charge is 0.270 e. The molecule has 1 aliphatic heterocycles. The number of likely N-dealkylation sites (tertiary alicyclic amines) is 1. The molecule has 1 aromatic carbocycles. The maximum absolute atomic E-state index is 12.7. The third-order valence-corrected chi connectivity index (χ3v) is 4.93. The normalized spacial score (nSPS) is 17.4. The van der Waals surface area contributed by atoms with Gasteiger partial charge in [0.15, 0.2) is 11.5 Å². The summed E-state index contributed by atoms with van der Waals surface area (Å²) < 4.78 is 10.7. The molecule has 1 fully saturated rings. The van der Waals surface area contributed by atoms with E-state index in [2.05, 4.69) is 11.1 Å². The Labute approximate surface area is 148 Å². The van der Waals surface area contributed by atoms with Crippen molar-refractivity contribution in [3.8, 4) is 11.5 Å². The largest absolute Gasteiger partial charge is 0.493 e. The summed E-state index contributed by atoms with van der Waals surface area (Å²) in [5.41, 5.74) is 1.88. The van der Waals surface area contributed by atoms with Crippen LogP contribution in [0.4, 0.5) is 0 Å². The number of hydrogen-bond acceptors (Lipinski definition) is 3. The summed E-state index contributed by atoms with van der Waals surface area (Å²) >= 11 is 0. The summed E-state index contributed by atoms with van der Waals surface area (Å²) in [6.07, 6.45) is 7.02. The number of piperidine rings is 1. The molecular weight excluding hydrogens is 316 g/mol. The Kier molecular flexibility index (Phi) is 5.64. The maximum Gasteiger partial charge on any atom is 0.270 e. The Balaban J connectivity index is 1.67. The third-order valence-electron chi connectivity index (χ3n) is 4.93. The molecule has 0 unspecified atom stereocenters. The number of methoxy groups -OCH3 is 2. The van der Waals surface area contributed by atoms with Crippen molar-refractivity contribution < 1.29 is 14.3 Å². The van der Waals surface area contributed by atoms with Gasteiger partial charge in [-0.15, -0.1) is 0 Å². The maximum atomic E-state index is 12.7. The van der Waals surface area contributed by atoms with Crippen LogP contribution >= 0.6 is 0 Å². The summed E-state index contributed by atoms with van der Waals surface area (Å²) in [4.78, 5) is 17.8. The Morgan fingerprint density at radius 1 is 1.20 bits per heavy atom. The van der Waals surface area contributed by atoms with Crippen molar-refractivity contribution in [1.29, 1.82) is 0 Å². The van der Waals surface area contributed by atoms with Crippen molar-refractivity contribution in [3.63, 3.8) is 0 Å². The van der Waals surface area contributed by atoms with Gasteiger partial charge in [-0.3, -0.25) is 4.79 Å². The van der Waals surface area contributed by atoms with Gasteiger partial charge in [0.05, 0.1) is 14.2 Å². The zero-order chi connectivity index (χ0) is 17.6. The summed E-state index contributed by atoms with van der Waals surface area (Å²) in [6.45, 7) is 0.842. The van der Waals surface area contributed by atoms with Crippen LogP contribution in [-0.2, 0) is 6.42 Å². The summed E-state index contributed by atoms with van der Waals surface area (Å²) in [7, 11) is 3.29. The first-order chi connectivity index (χ1) is 12.2. The molecule has 0 radical (unpaired) electrons. The van der Waals surface area contributed by atoms with Gasteiger partial charge in [-0.25, -0.2) is 0 Å². The number of aryl methyl sites for hydroxylation is 1. The van der Waals surface area contributed by atoms with Gasteiger partial charge in [-0.05, 0) is 61.9 Å². The molecule has 1 aliphatic rings. The Bertz CT molecular complexity index is 697. The minimum absolute atomic E-state index is 0.113. The molecule has 1 atom stereocenters. The molecule has 0 bridgehead atoms. The fourth-order valence-corrected chi connectivity index (χ4v) is 3.56. The van der Waals surface area contributed by atoms with Gasteiger partial charge >= 0.3 is 0 Å². The van der Waals surface area contributed by atoms with Crippen LogP contribution < -0.4 is 9.47 Å². The van der Waals surface area contributed by atoms with E-state index in [-0.39, 0.29) is 11.9 Å². The summed E-state index contributed by atoms with van der Waals surface area (Å²) in [6, 6.07) is 10.0. The van der Waals surface area contributed by atoms with E-state index >= 15 is 0 Å². The zero-order valence-electron chi connectivity index (χ0n) is 15.0. The van der Waals surface area contributed by atoms with Gasteiger partial charge < -0.3 is 19.4 Å². The van der Waals surface area contributed by atoms with E-state index in [4.69, 9.17) is 9.47 Å². The van der Waals surface area contributed by atoms with Crippen molar-refractivity contribution in [2.24, 2.45) is 0 Å². The van der Waals surface area contributed by atoms with Gasteiger partial charge in [0, 0.05) is 18.8 Å². The van der Waals surface area contributed by atoms with Gasteiger partial charge in [0.25, 0.3) is 5.91 Å². The van der Waals surface area contributed by atoms with E-state index in [1.807, 2.05) is 29.2 Å². The van der Waals surface area contributed by atoms with Crippen LogP contribution in [-0.4, -0.2) is 42.6 Å². The van der Waals surface area contributed by atoms with Crippen LogP contribution in [0.5, 0.6) is 11.5 Å². The van der Waals surface area contributed by atoms with Crippen LogP contribution in [0.15, 0.2) is 36.5 Å². The quantitative estimate of drug-likeness (QED) is 0.872. The number of aromatic amines is 1. The predicted molar refractivity (Wildman–Crippen MR) is 97.3 cm³/mol. The molecule has 3 rings (SSSR count). The molecule has 1 N–H and O–H groups in total. The number of benzene rings is 1. The van der Waals surface area contributed by atoms with E-state index < -0.39 is 0 Å². The number of rotatable bonds is 6. The molecular formula is C20H26N2O3. The fraction of sp³-hybridized carbons (Fsp3) is 0.450. The number of aromatic nitrogens is 1. The molecule has 0 aliphatic carbocycles. The topological polar surface area (TPSA) is 54.6 Å². The van der Waals surface area contributed by atoms with Crippen LogP contribution in [0.2, 0.25) is 0 Å². The number of carbonyl (C=O) groups is 1. The molecule has 0 saturated carbocycles. The lowest BCUT2D eigenvalue weighted by Gasteiger charge is -2.35. The van der Waals surface area contributed by atoms with Crippen LogP contribution in [0.3, 0.4) is 0 Å². The van der Waals surface area contributed by atoms with Crippen molar-refractivity contribution in [1.82, 2.24) is 9.88 Å². The second kappa shape index (κ2) is 8.10. The van der Waals surface area contributed by atoms with Gasteiger partial charge in [-0.1, -0.05) is 6.07 Å². The average Bonchev–Trinajstić information content (AvgIpc) is 3.20. The van der Waals surface area contributed by atoms with Crippen molar-refractivity contribution in [2.75, 3.05) is 20.8 Å². The molecule has 2 aromatic rings. The molecule has 25 heavy (non-hydrogen) atoms. The second-order valence-corrected chi connectivity index (χ2v) is 6.46. The summed E-state index contributed by atoms with van der Waals surface area (Å²) in [5, 5.41) is 0. The highest BCUT2D eigenvalue weighted by Crippen LogP contribution is 2.29. The standard InChI is InChI=1S/C20H26N2O3/c1-24-18-11-9-15(14-19(18)25-2)8-10-16-6-3-4-13-22(16)20(23)17-7-5-12-21-17/h5,7,9,11-12,14,16,21H,3-4,6,8,10,13H2,1-2H3/t16-/m0/s1. The number of H-pyrrole nitrogens is 1. The first kappa shape index (κ1) is 17.4. The van der Waals surface area contributed by atoms with E-state index in [0.717, 1.165) is 43.7 Å². The highest BCUT2D eigenvalue weighted by Gasteiger charge is 2.27. The Morgan fingerprint density at radius 3 is 2.76 bits per heavy atom. The predicted octanol–water partition coefficient (Wildman–Crippen LogP) is 3.66. The minimum Gasteiger partial charge on any atom is -0.493 e. The van der Waals surface area contributed by atoms with Gasteiger partial charge in [0.2, 0.25) is 0 Å². The molecule has 1 amide bonds. The number of hydrogen-bond donors (Lipinski definition) is 1. The van der Waals surface area contributed by atoms with Crippen LogP contribution in [0.1, 0.15) is 41.7 Å². The lowest BCUT2D eigenvalue weighted by molar-refractivity contribution is 0.0596. The second-order valence-electron chi connectivity index (χ2n) is 6.46. The Hall–Kier alpha value is -2.43. The number of carbonyl (C=O) groups excluding carboxylic acids is 1. The molecule has 0 spiro atoms. The molecule has 5 heteroatoms. The molecule has 5 nitrogen and oxygen atoms in total.